The molecular weight excluding hydrogens is 361 g/mol. The SMILES string of the molecule is Cl.Cl.NCC(C(=O)N1CCN(c2ncccn2)CC1)c1ccccc1. The number of anilines is 1. The van der Waals surface area contributed by atoms with E-state index in [1.165, 1.54) is 0 Å². The van der Waals surface area contributed by atoms with Crippen LogP contribution in [0.15, 0.2) is 48.8 Å². The Morgan fingerprint density at radius 1 is 1.00 bits per heavy atom. The predicted octanol–water partition coefficient (Wildman–Crippen LogP) is 1.71. The third kappa shape index (κ3) is 5.04. The summed E-state index contributed by atoms with van der Waals surface area (Å²) in [5, 5.41) is 0. The van der Waals surface area contributed by atoms with Crippen molar-refractivity contribution in [2.75, 3.05) is 37.6 Å². The lowest BCUT2D eigenvalue weighted by Gasteiger charge is -2.36. The minimum absolute atomic E-state index is 0. The molecule has 1 aliphatic rings. The molecule has 1 saturated heterocycles. The van der Waals surface area contributed by atoms with Crippen molar-refractivity contribution in [1.82, 2.24) is 14.9 Å². The second-order valence-electron chi connectivity index (χ2n) is 5.56. The molecule has 8 heteroatoms. The largest absolute Gasteiger partial charge is 0.339 e. The minimum Gasteiger partial charge on any atom is -0.339 e. The van der Waals surface area contributed by atoms with Crippen molar-refractivity contribution in [3.8, 4) is 0 Å². The first kappa shape index (κ1) is 21.2. The molecule has 0 saturated carbocycles. The number of carbonyl (C=O) groups excluding carboxylic acids is 1. The molecule has 2 aromatic rings. The zero-order valence-corrected chi connectivity index (χ0v) is 15.5. The van der Waals surface area contributed by atoms with Crippen molar-refractivity contribution >= 4 is 36.7 Å². The van der Waals surface area contributed by atoms with Crippen LogP contribution in [-0.4, -0.2) is 53.5 Å². The maximum atomic E-state index is 12.8. The zero-order chi connectivity index (χ0) is 16.1. The lowest BCUT2D eigenvalue weighted by molar-refractivity contribution is -0.132. The van der Waals surface area contributed by atoms with Gasteiger partial charge >= 0.3 is 0 Å². The van der Waals surface area contributed by atoms with Crippen molar-refractivity contribution < 1.29 is 4.79 Å². The quantitative estimate of drug-likeness (QED) is 0.869. The highest BCUT2D eigenvalue weighted by Gasteiger charge is 2.28. The molecule has 25 heavy (non-hydrogen) atoms. The highest BCUT2D eigenvalue weighted by Crippen LogP contribution is 2.19. The van der Waals surface area contributed by atoms with Crippen LogP contribution < -0.4 is 10.6 Å². The minimum atomic E-state index is -0.268. The number of benzene rings is 1. The Labute approximate surface area is 160 Å². The molecule has 1 aliphatic heterocycles. The van der Waals surface area contributed by atoms with Gasteiger partial charge in [0.15, 0.2) is 0 Å². The van der Waals surface area contributed by atoms with Crippen LogP contribution in [0.3, 0.4) is 0 Å². The molecule has 1 unspecified atom stereocenters. The van der Waals surface area contributed by atoms with Crippen LogP contribution in [0.1, 0.15) is 11.5 Å². The molecule has 0 radical (unpaired) electrons. The standard InChI is InChI=1S/C17H21N5O.2ClH/c18-13-15(14-5-2-1-3-6-14)16(23)21-9-11-22(12-10-21)17-19-7-4-8-20-17;;/h1-8,15H,9-13,18H2;2*1H. The molecule has 1 fully saturated rings. The fraction of sp³-hybridized carbons (Fsp3) is 0.353. The van der Waals surface area contributed by atoms with Gasteiger partial charge in [-0.1, -0.05) is 30.3 Å². The molecule has 1 aromatic heterocycles. The smallest absolute Gasteiger partial charge is 0.231 e. The van der Waals surface area contributed by atoms with E-state index in [1.807, 2.05) is 35.2 Å². The van der Waals surface area contributed by atoms with E-state index in [-0.39, 0.29) is 36.6 Å². The third-order valence-corrected chi connectivity index (χ3v) is 4.16. The molecular formula is C17H23Cl2N5O. The Morgan fingerprint density at radius 2 is 1.60 bits per heavy atom. The Hall–Kier alpha value is -1.89. The van der Waals surface area contributed by atoms with E-state index >= 15 is 0 Å². The van der Waals surface area contributed by atoms with Gasteiger partial charge in [-0.05, 0) is 11.6 Å². The average Bonchev–Trinajstić information content (AvgIpc) is 2.64. The molecule has 3 rings (SSSR count). The first-order valence-electron chi connectivity index (χ1n) is 7.85. The van der Waals surface area contributed by atoms with Gasteiger partial charge in [0.25, 0.3) is 0 Å². The molecule has 1 atom stereocenters. The zero-order valence-electron chi connectivity index (χ0n) is 13.8. The van der Waals surface area contributed by atoms with Gasteiger partial charge in [0, 0.05) is 45.1 Å². The number of carbonyl (C=O) groups is 1. The summed E-state index contributed by atoms with van der Waals surface area (Å²) in [4.78, 5) is 25.3. The van der Waals surface area contributed by atoms with E-state index in [0.29, 0.717) is 19.6 Å². The van der Waals surface area contributed by atoms with Gasteiger partial charge in [-0.25, -0.2) is 9.97 Å². The molecule has 2 N–H and O–H groups in total. The molecule has 136 valence electrons. The molecule has 2 heterocycles. The van der Waals surface area contributed by atoms with E-state index in [1.54, 1.807) is 18.5 Å². The van der Waals surface area contributed by atoms with Crippen molar-refractivity contribution in [3.63, 3.8) is 0 Å². The predicted molar refractivity (Wildman–Crippen MR) is 104 cm³/mol. The van der Waals surface area contributed by atoms with Crippen molar-refractivity contribution in [2.24, 2.45) is 5.73 Å². The molecule has 0 spiro atoms. The molecule has 0 aliphatic carbocycles. The summed E-state index contributed by atoms with van der Waals surface area (Å²) < 4.78 is 0. The van der Waals surface area contributed by atoms with Crippen LogP contribution in [0.5, 0.6) is 0 Å². The van der Waals surface area contributed by atoms with Gasteiger partial charge in [-0.3, -0.25) is 4.79 Å². The van der Waals surface area contributed by atoms with Crippen LogP contribution in [-0.2, 0) is 4.79 Å². The lowest BCUT2D eigenvalue weighted by Crippen LogP contribution is -2.51. The first-order valence-corrected chi connectivity index (χ1v) is 7.85. The highest BCUT2D eigenvalue weighted by atomic mass is 35.5. The van der Waals surface area contributed by atoms with Gasteiger partial charge in [-0.15, -0.1) is 24.8 Å². The normalized spacial score (nSPS) is 14.9. The Balaban J connectivity index is 0.00000156. The number of nitrogens with zero attached hydrogens (tertiary/aromatic N) is 4. The molecule has 0 bridgehead atoms. The van der Waals surface area contributed by atoms with Crippen LogP contribution in [0.4, 0.5) is 5.95 Å². The number of hydrogen-bond acceptors (Lipinski definition) is 5. The van der Waals surface area contributed by atoms with Crippen molar-refractivity contribution in [1.29, 1.82) is 0 Å². The topological polar surface area (TPSA) is 75.4 Å². The van der Waals surface area contributed by atoms with Crippen LogP contribution >= 0.6 is 24.8 Å². The van der Waals surface area contributed by atoms with Gasteiger partial charge < -0.3 is 15.5 Å². The lowest BCUT2D eigenvalue weighted by atomic mass is 9.97. The van der Waals surface area contributed by atoms with E-state index in [9.17, 15) is 4.79 Å². The number of nitrogens with two attached hydrogens (primary N) is 1. The Morgan fingerprint density at radius 3 is 2.16 bits per heavy atom. The van der Waals surface area contributed by atoms with Crippen LogP contribution in [0.2, 0.25) is 0 Å². The summed E-state index contributed by atoms with van der Waals surface area (Å²) in [5.74, 6) is 0.557. The van der Waals surface area contributed by atoms with Crippen molar-refractivity contribution in [3.05, 3.63) is 54.4 Å². The fourth-order valence-electron chi connectivity index (χ4n) is 2.87. The van der Waals surface area contributed by atoms with Gasteiger partial charge in [-0.2, -0.15) is 0 Å². The fourth-order valence-corrected chi connectivity index (χ4v) is 2.87. The summed E-state index contributed by atoms with van der Waals surface area (Å²) in [6.45, 7) is 3.13. The first-order chi connectivity index (χ1) is 11.3. The Bertz CT molecular complexity index is 636. The van der Waals surface area contributed by atoms with E-state index in [4.69, 9.17) is 5.73 Å². The highest BCUT2D eigenvalue weighted by molar-refractivity contribution is 5.85. The maximum Gasteiger partial charge on any atom is 0.231 e. The summed E-state index contributed by atoms with van der Waals surface area (Å²) in [7, 11) is 0. The van der Waals surface area contributed by atoms with E-state index in [2.05, 4.69) is 14.9 Å². The van der Waals surface area contributed by atoms with Gasteiger partial charge in [0.1, 0.15) is 0 Å². The number of piperazine rings is 1. The number of halogens is 2. The number of rotatable bonds is 4. The van der Waals surface area contributed by atoms with Crippen molar-refractivity contribution in [2.45, 2.75) is 5.92 Å². The van der Waals surface area contributed by atoms with E-state index < -0.39 is 0 Å². The van der Waals surface area contributed by atoms with E-state index in [0.717, 1.165) is 24.6 Å². The maximum absolute atomic E-state index is 12.8. The molecule has 6 nitrogen and oxygen atoms in total. The van der Waals surface area contributed by atoms with Gasteiger partial charge in [0.2, 0.25) is 11.9 Å². The average molecular weight is 384 g/mol. The second kappa shape index (κ2) is 10.2. The number of aromatic nitrogens is 2. The Kier molecular flexibility index (Phi) is 8.61. The second-order valence-corrected chi connectivity index (χ2v) is 5.56. The molecule has 1 amide bonds. The molecule has 1 aromatic carbocycles. The van der Waals surface area contributed by atoms with Crippen LogP contribution in [0, 0.1) is 0 Å². The monoisotopic (exact) mass is 383 g/mol. The third-order valence-electron chi connectivity index (χ3n) is 4.16. The number of amides is 1. The van der Waals surface area contributed by atoms with Gasteiger partial charge in [0.05, 0.1) is 5.92 Å². The summed E-state index contributed by atoms with van der Waals surface area (Å²) in [5.41, 5.74) is 6.83. The summed E-state index contributed by atoms with van der Waals surface area (Å²) in [6.07, 6.45) is 3.47. The summed E-state index contributed by atoms with van der Waals surface area (Å²) in [6, 6.07) is 11.5. The summed E-state index contributed by atoms with van der Waals surface area (Å²) >= 11 is 0. The number of hydrogen-bond donors (Lipinski definition) is 1. The van der Waals surface area contributed by atoms with Crippen LogP contribution in [0.25, 0.3) is 0 Å².